The number of aryl methyl sites for hydroxylation is 1. The lowest BCUT2D eigenvalue weighted by Crippen LogP contribution is -2.63. The normalized spacial score (nSPS) is 20.0. The Morgan fingerprint density at radius 1 is 1.36 bits per heavy atom. The van der Waals surface area contributed by atoms with Crippen LogP contribution in [0.1, 0.15) is 25.5 Å². The number of halogens is 1. The first-order valence-corrected chi connectivity index (χ1v) is 9.07. The Morgan fingerprint density at radius 2 is 2.04 bits per heavy atom. The minimum atomic E-state index is 0.0182. The molecule has 1 saturated carbocycles. The van der Waals surface area contributed by atoms with Crippen molar-refractivity contribution in [2.75, 3.05) is 23.3 Å². The summed E-state index contributed by atoms with van der Waals surface area (Å²) in [5.74, 6) is 2.33. The number of nitrogens with one attached hydrogen (secondary N) is 1. The lowest BCUT2D eigenvalue weighted by atomic mass is 9.55. The van der Waals surface area contributed by atoms with Crippen LogP contribution in [0, 0.1) is 24.2 Å². The second kappa shape index (κ2) is 6.06. The number of hydrogen-bond acceptors (Lipinski definition) is 4. The summed E-state index contributed by atoms with van der Waals surface area (Å²) in [5.41, 5.74) is 1.17. The third kappa shape index (κ3) is 3.13. The second-order valence-electron chi connectivity index (χ2n) is 7.60. The van der Waals surface area contributed by atoms with Gasteiger partial charge in [-0.1, -0.05) is 23.7 Å². The van der Waals surface area contributed by atoms with Gasteiger partial charge in [0.25, 0.3) is 0 Å². The van der Waals surface area contributed by atoms with Gasteiger partial charge in [-0.15, -0.1) is 0 Å². The molecule has 6 heteroatoms. The van der Waals surface area contributed by atoms with Crippen molar-refractivity contribution in [3.05, 3.63) is 41.1 Å². The molecule has 1 amide bonds. The molecule has 2 aromatic rings. The van der Waals surface area contributed by atoms with Gasteiger partial charge >= 0.3 is 0 Å². The molecule has 1 aliphatic heterocycles. The first kappa shape index (κ1) is 16.5. The van der Waals surface area contributed by atoms with Gasteiger partial charge in [0.2, 0.25) is 5.91 Å². The van der Waals surface area contributed by atoms with Gasteiger partial charge in [-0.05, 0) is 49.9 Å². The molecule has 0 radical (unpaired) electrons. The fourth-order valence-corrected chi connectivity index (χ4v) is 4.22. The molecular weight excluding hydrogens is 338 g/mol. The molecule has 1 aliphatic carbocycles. The first-order valence-electron chi connectivity index (χ1n) is 8.69. The highest BCUT2D eigenvalue weighted by Gasteiger charge is 2.54. The highest BCUT2D eigenvalue weighted by atomic mass is 35.5. The highest BCUT2D eigenvalue weighted by molar-refractivity contribution is 6.30. The highest BCUT2D eigenvalue weighted by Crippen LogP contribution is 2.55. The largest absolute Gasteiger partial charge is 0.360 e. The molecule has 0 unspecified atom stereocenters. The minimum Gasteiger partial charge on any atom is -0.360 e. The van der Waals surface area contributed by atoms with Gasteiger partial charge in [0.15, 0.2) is 5.82 Å². The molecule has 132 valence electrons. The third-order valence-corrected chi connectivity index (χ3v) is 5.87. The fraction of sp³-hybridized carbons (Fsp3) is 0.474. The van der Waals surface area contributed by atoms with Gasteiger partial charge < -0.3 is 14.7 Å². The zero-order valence-corrected chi connectivity index (χ0v) is 15.2. The van der Waals surface area contributed by atoms with Crippen LogP contribution >= 0.6 is 11.6 Å². The molecule has 2 aliphatic rings. The van der Waals surface area contributed by atoms with Crippen LogP contribution in [0.2, 0.25) is 5.02 Å². The van der Waals surface area contributed by atoms with Crippen molar-refractivity contribution in [1.82, 2.24) is 5.16 Å². The molecule has 1 N–H and O–H groups in total. The van der Waals surface area contributed by atoms with Gasteiger partial charge in [-0.3, -0.25) is 4.79 Å². The predicted octanol–water partition coefficient (Wildman–Crippen LogP) is 4.13. The molecule has 1 spiro atoms. The molecule has 1 aromatic carbocycles. The van der Waals surface area contributed by atoms with Crippen LogP contribution in [-0.4, -0.2) is 24.2 Å². The molecule has 1 saturated heterocycles. The van der Waals surface area contributed by atoms with Crippen LogP contribution in [0.4, 0.5) is 11.5 Å². The van der Waals surface area contributed by atoms with Gasteiger partial charge in [-0.25, -0.2) is 0 Å². The number of carbonyl (C=O) groups excluding carboxylic acids is 1. The summed E-state index contributed by atoms with van der Waals surface area (Å²) in [6, 6.07) is 9.21. The number of rotatable bonds is 4. The van der Waals surface area contributed by atoms with E-state index in [-0.39, 0.29) is 11.8 Å². The summed E-state index contributed by atoms with van der Waals surface area (Å²) < 4.78 is 5.14. The molecule has 2 fully saturated rings. The summed E-state index contributed by atoms with van der Waals surface area (Å²) >= 11 is 5.88. The van der Waals surface area contributed by atoms with E-state index in [1.807, 2.05) is 32.0 Å². The zero-order valence-electron chi connectivity index (χ0n) is 14.5. The monoisotopic (exact) mass is 359 g/mol. The Bertz CT molecular complexity index is 772. The Balaban J connectivity index is 1.27. The quantitative estimate of drug-likeness (QED) is 0.891. The summed E-state index contributed by atoms with van der Waals surface area (Å²) in [7, 11) is 0. The van der Waals surface area contributed by atoms with Crippen LogP contribution in [0.25, 0.3) is 0 Å². The summed E-state index contributed by atoms with van der Waals surface area (Å²) in [5, 5.41) is 7.73. The fourth-order valence-electron chi connectivity index (χ4n) is 4.10. The maximum absolute atomic E-state index is 12.5. The van der Waals surface area contributed by atoms with Crippen molar-refractivity contribution >= 4 is 29.0 Å². The van der Waals surface area contributed by atoms with E-state index in [0.717, 1.165) is 43.2 Å². The second-order valence-corrected chi connectivity index (χ2v) is 8.04. The molecule has 1 atom stereocenters. The Labute approximate surface area is 152 Å². The van der Waals surface area contributed by atoms with E-state index in [0.29, 0.717) is 16.4 Å². The van der Waals surface area contributed by atoms with Gasteiger partial charge in [0, 0.05) is 41.2 Å². The predicted molar refractivity (Wildman–Crippen MR) is 97.9 cm³/mol. The van der Waals surface area contributed by atoms with Crippen molar-refractivity contribution in [1.29, 1.82) is 0 Å². The third-order valence-electron chi connectivity index (χ3n) is 5.61. The molecule has 2 heterocycles. The Morgan fingerprint density at radius 3 is 2.64 bits per heavy atom. The number of benzene rings is 1. The molecule has 25 heavy (non-hydrogen) atoms. The van der Waals surface area contributed by atoms with Gasteiger partial charge in [-0.2, -0.15) is 0 Å². The van der Waals surface area contributed by atoms with Gasteiger partial charge in [0.05, 0.1) is 0 Å². The van der Waals surface area contributed by atoms with Crippen molar-refractivity contribution in [3.63, 3.8) is 0 Å². The van der Waals surface area contributed by atoms with E-state index in [1.165, 1.54) is 0 Å². The number of nitrogens with zero attached hydrogens (tertiary/aromatic N) is 2. The zero-order chi connectivity index (χ0) is 17.6. The smallest absolute Gasteiger partial charge is 0.227 e. The van der Waals surface area contributed by atoms with Crippen molar-refractivity contribution in [3.8, 4) is 0 Å². The number of amides is 1. The summed E-state index contributed by atoms with van der Waals surface area (Å²) in [4.78, 5) is 14.7. The number of anilines is 2. The SMILES string of the molecule is Cc1cc(N2CC3(CC([C@@H](C)C(=O)Nc4ccc(Cl)cc4)C3)C2)no1. The van der Waals surface area contributed by atoms with Crippen LogP contribution in [-0.2, 0) is 4.79 Å². The number of aromatic nitrogens is 1. The van der Waals surface area contributed by atoms with E-state index < -0.39 is 0 Å². The maximum Gasteiger partial charge on any atom is 0.227 e. The minimum absolute atomic E-state index is 0.0182. The molecule has 4 rings (SSSR count). The molecule has 5 nitrogen and oxygen atoms in total. The van der Waals surface area contributed by atoms with E-state index in [9.17, 15) is 4.79 Å². The summed E-state index contributed by atoms with van der Waals surface area (Å²) in [6.45, 7) is 5.97. The lowest BCUT2D eigenvalue weighted by Gasteiger charge is -2.60. The van der Waals surface area contributed by atoms with E-state index >= 15 is 0 Å². The average Bonchev–Trinajstić information content (AvgIpc) is 2.93. The lowest BCUT2D eigenvalue weighted by molar-refractivity contribution is -0.124. The van der Waals surface area contributed by atoms with E-state index in [2.05, 4.69) is 15.4 Å². The Hall–Kier alpha value is -2.01. The Kier molecular flexibility index (Phi) is 3.99. The topological polar surface area (TPSA) is 58.4 Å². The first-order chi connectivity index (χ1) is 11.9. The van der Waals surface area contributed by atoms with Crippen molar-refractivity contribution in [2.24, 2.45) is 17.3 Å². The van der Waals surface area contributed by atoms with Crippen LogP contribution in [0.5, 0.6) is 0 Å². The number of carbonyl (C=O) groups is 1. The molecular formula is C19H22ClN3O2. The standard InChI is InChI=1S/C19H22ClN3O2/c1-12-7-17(22-25-12)23-10-19(11-23)8-14(9-19)13(2)18(24)21-16-5-3-15(20)4-6-16/h3-7,13-14H,8-11H2,1-2H3,(H,21,24)/t13-/m1/s1. The summed E-state index contributed by atoms with van der Waals surface area (Å²) in [6.07, 6.45) is 2.21. The maximum atomic E-state index is 12.5. The van der Waals surface area contributed by atoms with Crippen molar-refractivity contribution < 1.29 is 9.32 Å². The van der Waals surface area contributed by atoms with Gasteiger partial charge in [0.1, 0.15) is 5.76 Å². The van der Waals surface area contributed by atoms with Crippen molar-refractivity contribution in [2.45, 2.75) is 26.7 Å². The van der Waals surface area contributed by atoms with E-state index in [4.69, 9.17) is 16.1 Å². The van der Waals surface area contributed by atoms with Crippen LogP contribution in [0.3, 0.4) is 0 Å². The molecule has 1 aromatic heterocycles. The molecule has 0 bridgehead atoms. The van der Waals surface area contributed by atoms with E-state index in [1.54, 1.807) is 12.1 Å². The number of hydrogen-bond donors (Lipinski definition) is 1. The van der Waals surface area contributed by atoms with Crippen LogP contribution < -0.4 is 10.2 Å². The average molecular weight is 360 g/mol. The van der Waals surface area contributed by atoms with Crippen LogP contribution in [0.15, 0.2) is 34.9 Å².